The van der Waals surface area contributed by atoms with Crippen molar-refractivity contribution >= 4 is 16.7 Å². The van der Waals surface area contributed by atoms with Crippen molar-refractivity contribution < 1.29 is 9.90 Å². The molecule has 2 aromatic rings. The van der Waals surface area contributed by atoms with Crippen molar-refractivity contribution in [2.24, 2.45) is 5.73 Å². The first-order chi connectivity index (χ1) is 12.1. The number of nitrogens with zero attached hydrogens (tertiary/aromatic N) is 1. The second kappa shape index (κ2) is 6.72. The predicted octanol–water partition coefficient (Wildman–Crippen LogP) is 0.668. The Labute approximate surface area is 147 Å². The zero-order valence-corrected chi connectivity index (χ0v) is 14.1. The summed E-state index contributed by atoms with van der Waals surface area (Å²) in [6.45, 7) is 1.02. The van der Waals surface area contributed by atoms with Crippen LogP contribution in [-0.2, 0) is 4.79 Å². The van der Waals surface area contributed by atoms with E-state index < -0.39 is 6.10 Å². The number of piperidine rings is 1. The molecule has 0 bridgehead atoms. The lowest BCUT2D eigenvalue weighted by molar-refractivity contribution is -0.136. The summed E-state index contributed by atoms with van der Waals surface area (Å²) in [5, 5.41) is 13.0. The van der Waals surface area contributed by atoms with E-state index in [9.17, 15) is 9.90 Å². The number of hydrogen-bond acceptors (Lipinski definition) is 5. The normalized spacial score (nSPS) is 29.9. The van der Waals surface area contributed by atoms with E-state index in [1.807, 2.05) is 12.1 Å². The van der Waals surface area contributed by atoms with Crippen LogP contribution in [0.1, 0.15) is 24.3 Å². The fourth-order valence-corrected chi connectivity index (χ4v) is 3.92. The van der Waals surface area contributed by atoms with E-state index in [0.29, 0.717) is 19.5 Å². The van der Waals surface area contributed by atoms with Gasteiger partial charge in [-0.1, -0.05) is 42.5 Å². The summed E-state index contributed by atoms with van der Waals surface area (Å²) in [7, 11) is 0. The van der Waals surface area contributed by atoms with Gasteiger partial charge in [-0.15, -0.1) is 0 Å². The largest absolute Gasteiger partial charge is 0.391 e. The van der Waals surface area contributed by atoms with Crippen molar-refractivity contribution in [3.63, 3.8) is 0 Å². The number of aliphatic hydroxyl groups excluding tert-OH is 1. The summed E-state index contributed by atoms with van der Waals surface area (Å²) in [6, 6.07) is 14.3. The zero-order chi connectivity index (χ0) is 17.4. The van der Waals surface area contributed by atoms with E-state index in [4.69, 9.17) is 5.73 Å². The molecule has 25 heavy (non-hydrogen) atoms. The van der Waals surface area contributed by atoms with E-state index >= 15 is 0 Å². The lowest BCUT2D eigenvalue weighted by Gasteiger charge is -2.37. The van der Waals surface area contributed by atoms with Crippen LogP contribution in [0.4, 0.5) is 0 Å². The van der Waals surface area contributed by atoms with Crippen molar-refractivity contribution in [1.82, 2.24) is 15.8 Å². The van der Waals surface area contributed by atoms with Gasteiger partial charge in [0.15, 0.2) is 0 Å². The van der Waals surface area contributed by atoms with Crippen LogP contribution in [-0.4, -0.2) is 47.3 Å². The molecule has 2 unspecified atom stereocenters. The average Bonchev–Trinajstić information content (AvgIpc) is 3.07. The quantitative estimate of drug-likeness (QED) is 0.645. The Morgan fingerprint density at radius 3 is 2.68 bits per heavy atom. The molecule has 4 atom stereocenters. The highest BCUT2D eigenvalue weighted by atomic mass is 16.3. The highest BCUT2D eigenvalue weighted by Gasteiger charge is 2.36. The summed E-state index contributed by atoms with van der Waals surface area (Å²) in [5.74, 6) is 0.0713. The molecule has 6 heteroatoms. The molecule has 132 valence electrons. The molecule has 2 aliphatic heterocycles. The Morgan fingerprint density at radius 2 is 1.96 bits per heavy atom. The minimum atomic E-state index is -0.554. The molecule has 0 radical (unpaired) electrons. The Hall–Kier alpha value is -1.99. The first-order valence-corrected chi connectivity index (χ1v) is 8.84. The van der Waals surface area contributed by atoms with Crippen molar-refractivity contribution in [2.75, 3.05) is 13.1 Å². The molecule has 4 rings (SSSR count). The molecule has 2 aromatic carbocycles. The van der Waals surface area contributed by atoms with Crippen molar-refractivity contribution in [1.29, 1.82) is 0 Å². The zero-order valence-electron chi connectivity index (χ0n) is 14.1. The van der Waals surface area contributed by atoms with Gasteiger partial charge in [0.1, 0.15) is 6.04 Å². The maximum atomic E-state index is 12.6. The third kappa shape index (κ3) is 3.26. The van der Waals surface area contributed by atoms with Crippen LogP contribution >= 0.6 is 0 Å². The first-order valence-electron chi connectivity index (χ1n) is 8.84. The third-order valence-corrected chi connectivity index (χ3v) is 5.33. The molecule has 0 aliphatic carbocycles. The molecule has 6 nitrogen and oxygen atoms in total. The number of β-amino-alcohol motifs (C(OH)–C–C–N with tert-alkyl or cyclic N) is 1. The smallest absolute Gasteiger partial charge is 0.241 e. The number of likely N-dealkylation sites (tertiary alicyclic amines) is 1. The molecule has 2 heterocycles. The molecule has 2 saturated heterocycles. The number of hydrazine groups is 1. The van der Waals surface area contributed by atoms with E-state index in [1.165, 1.54) is 10.8 Å². The highest BCUT2D eigenvalue weighted by Crippen LogP contribution is 2.31. The maximum absolute atomic E-state index is 12.6. The number of carbonyl (C=O) groups excluding carboxylic acids is 1. The van der Waals surface area contributed by atoms with Gasteiger partial charge >= 0.3 is 0 Å². The maximum Gasteiger partial charge on any atom is 0.241 e. The van der Waals surface area contributed by atoms with Crippen molar-refractivity contribution in [2.45, 2.75) is 37.1 Å². The van der Waals surface area contributed by atoms with Gasteiger partial charge in [-0.25, -0.2) is 10.9 Å². The monoisotopic (exact) mass is 340 g/mol. The fraction of sp³-hybridized carbons (Fsp3) is 0.421. The van der Waals surface area contributed by atoms with Crippen LogP contribution < -0.4 is 16.6 Å². The van der Waals surface area contributed by atoms with E-state index in [0.717, 1.165) is 12.0 Å². The van der Waals surface area contributed by atoms with Crippen molar-refractivity contribution in [3.05, 3.63) is 48.0 Å². The van der Waals surface area contributed by atoms with E-state index in [1.54, 1.807) is 4.90 Å². The van der Waals surface area contributed by atoms with Crippen LogP contribution in [0.3, 0.4) is 0 Å². The molecule has 0 saturated carbocycles. The van der Waals surface area contributed by atoms with Crippen LogP contribution in [0, 0.1) is 0 Å². The molecule has 2 fully saturated rings. The third-order valence-electron chi connectivity index (χ3n) is 5.33. The molecule has 1 amide bonds. The minimum Gasteiger partial charge on any atom is -0.391 e. The summed E-state index contributed by atoms with van der Waals surface area (Å²) in [6.07, 6.45) is 0.577. The van der Waals surface area contributed by atoms with Crippen LogP contribution in [0.2, 0.25) is 0 Å². The van der Waals surface area contributed by atoms with Gasteiger partial charge in [-0.3, -0.25) is 4.79 Å². The molecule has 0 spiro atoms. The first kappa shape index (κ1) is 16.5. The summed E-state index contributed by atoms with van der Waals surface area (Å²) in [4.78, 5) is 14.3. The minimum absolute atomic E-state index is 0.0106. The van der Waals surface area contributed by atoms with Gasteiger partial charge < -0.3 is 15.7 Å². The Kier molecular flexibility index (Phi) is 4.43. The Bertz CT molecular complexity index is 781. The lowest BCUT2D eigenvalue weighted by atomic mass is 9.86. The number of nitrogens with two attached hydrogens (primary N) is 1. The number of hydrogen-bond donors (Lipinski definition) is 4. The fourth-order valence-electron chi connectivity index (χ4n) is 3.92. The van der Waals surface area contributed by atoms with Crippen LogP contribution in [0.25, 0.3) is 10.8 Å². The Morgan fingerprint density at radius 1 is 1.16 bits per heavy atom. The standard InChI is InChI=1S/C19H24N4O2/c20-18-10-16(21-22-18)19(25)23-8-7-15(17(24)11-23)14-6-5-12-3-1-2-4-13(12)9-14/h1-6,9,15-18,21-22,24H,7-8,10-11,20H2/t15-,16?,17+,18?/m1/s1. The number of aliphatic hydroxyl groups is 1. The average molecular weight is 340 g/mol. The van der Waals surface area contributed by atoms with Crippen LogP contribution in [0.15, 0.2) is 42.5 Å². The molecule has 2 aliphatic rings. The SMILES string of the molecule is NC1CC(C(=O)N2CC[C@H](c3ccc4ccccc4c3)[C@@H](O)C2)NN1. The Balaban J connectivity index is 1.46. The van der Waals surface area contributed by atoms with Gasteiger partial charge in [0.05, 0.1) is 12.3 Å². The molecule has 5 N–H and O–H groups in total. The van der Waals surface area contributed by atoms with Gasteiger partial charge in [0, 0.05) is 25.4 Å². The highest BCUT2D eigenvalue weighted by molar-refractivity contribution is 5.83. The molecule has 0 aromatic heterocycles. The summed E-state index contributed by atoms with van der Waals surface area (Å²) >= 11 is 0. The van der Waals surface area contributed by atoms with Crippen molar-refractivity contribution in [3.8, 4) is 0 Å². The van der Waals surface area contributed by atoms with Gasteiger partial charge in [-0.2, -0.15) is 0 Å². The van der Waals surface area contributed by atoms with Crippen LogP contribution in [0.5, 0.6) is 0 Å². The second-order valence-corrected chi connectivity index (χ2v) is 7.04. The molecular weight excluding hydrogens is 316 g/mol. The van der Waals surface area contributed by atoms with E-state index in [-0.39, 0.29) is 24.0 Å². The number of benzene rings is 2. The number of nitrogens with one attached hydrogen (secondary N) is 2. The summed E-state index contributed by atoms with van der Waals surface area (Å²) in [5.41, 5.74) is 12.7. The van der Waals surface area contributed by atoms with Gasteiger partial charge in [0.2, 0.25) is 5.91 Å². The number of amides is 1. The number of rotatable bonds is 2. The predicted molar refractivity (Wildman–Crippen MR) is 96.5 cm³/mol. The molecular formula is C19H24N4O2. The van der Waals surface area contributed by atoms with E-state index in [2.05, 4.69) is 41.2 Å². The van der Waals surface area contributed by atoms with Gasteiger partial charge in [-0.05, 0) is 22.8 Å². The number of fused-ring (bicyclic) bond motifs is 1. The second-order valence-electron chi connectivity index (χ2n) is 7.04. The lowest BCUT2D eigenvalue weighted by Crippen LogP contribution is -2.52. The van der Waals surface area contributed by atoms with Gasteiger partial charge in [0.25, 0.3) is 0 Å². The topological polar surface area (TPSA) is 90.6 Å². The number of carbonyl (C=O) groups is 1. The summed E-state index contributed by atoms with van der Waals surface area (Å²) < 4.78 is 0.